The second-order valence-electron chi connectivity index (χ2n) is 8.57. The minimum absolute atomic E-state index is 0.578. The van der Waals surface area contributed by atoms with E-state index in [1.807, 2.05) is 23.4 Å². The molecule has 3 aliphatic rings. The summed E-state index contributed by atoms with van der Waals surface area (Å²) in [4.78, 5) is 15.3. The van der Waals surface area contributed by atoms with Crippen molar-refractivity contribution in [2.24, 2.45) is 4.99 Å². The first-order valence-electron chi connectivity index (χ1n) is 11.1. The van der Waals surface area contributed by atoms with Crippen LogP contribution in [0.15, 0.2) is 29.3 Å². The predicted octanol–water partition coefficient (Wildman–Crippen LogP) is 2.61. The van der Waals surface area contributed by atoms with Crippen LogP contribution in [0.2, 0.25) is 0 Å². The number of fused-ring (bicyclic) bond motifs is 3. The fourth-order valence-electron chi connectivity index (χ4n) is 4.80. The van der Waals surface area contributed by atoms with E-state index in [2.05, 4.69) is 38.9 Å². The number of rotatable bonds is 5. The number of para-hydroxylation sites is 2. The molecule has 1 fully saturated rings. The van der Waals surface area contributed by atoms with E-state index in [-0.39, 0.29) is 0 Å². The molecule has 2 aromatic rings. The Morgan fingerprint density at radius 3 is 2.74 bits per heavy atom. The molecule has 31 heavy (non-hydrogen) atoms. The quantitative estimate of drug-likeness (QED) is 0.718. The van der Waals surface area contributed by atoms with Gasteiger partial charge in [0.15, 0.2) is 0 Å². The number of ether oxygens (including phenoxy) is 1. The lowest BCUT2D eigenvalue weighted by atomic mass is 10.0. The largest absolute Gasteiger partial charge is 0.495 e. The van der Waals surface area contributed by atoms with Crippen molar-refractivity contribution in [2.75, 3.05) is 64.9 Å². The summed E-state index contributed by atoms with van der Waals surface area (Å²) >= 11 is 1.74. The first kappa shape index (κ1) is 20.8. The lowest BCUT2D eigenvalue weighted by Gasteiger charge is -2.38. The van der Waals surface area contributed by atoms with Gasteiger partial charge in [-0.15, -0.1) is 17.1 Å². The van der Waals surface area contributed by atoms with Gasteiger partial charge in [0.25, 0.3) is 0 Å². The van der Waals surface area contributed by atoms with Crippen LogP contribution in [-0.4, -0.2) is 81.0 Å². The molecule has 1 aromatic heterocycles. The van der Waals surface area contributed by atoms with E-state index in [1.165, 1.54) is 16.1 Å². The van der Waals surface area contributed by atoms with Gasteiger partial charge in [-0.3, -0.25) is 4.90 Å². The van der Waals surface area contributed by atoms with Gasteiger partial charge in [0.1, 0.15) is 16.9 Å². The first-order valence-corrected chi connectivity index (χ1v) is 11.9. The number of hydrogen-bond acceptors (Lipinski definition) is 7. The highest BCUT2D eigenvalue weighted by atomic mass is 32.1. The van der Waals surface area contributed by atoms with Gasteiger partial charge in [0.2, 0.25) is 0 Å². The second-order valence-corrected chi connectivity index (χ2v) is 9.65. The number of anilines is 1. The normalized spacial score (nSPS) is 21.8. The van der Waals surface area contributed by atoms with Crippen LogP contribution < -0.4 is 15.4 Å². The second kappa shape index (κ2) is 8.78. The summed E-state index contributed by atoms with van der Waals surface area (Å²) < 4.78 is 5.53. The Labute approximate surface area is 188 Å². The maximum absolute atomic E-state index is 11.1. The van der Waals surface area contributed by atoms with Gasteiger partial charge in [-0.1, -0.05) is 12.1 Å². The van der Waals surface area contributed by atoms with Gasteiger partial charge in [-0.25, -0.2) is 4.99 Å². The van der Waals surface area contributed by atoms with Crippen LogP contribution in [0, 0.1) is 0 Å². The van der Waals surface area contributed by atoms with E-state index >= 15 is 0 Å². The smallest absolute Gasteiger partial charge is 0.144 e. The number of aliphatic imine (C=N–C) groups is 1. The summed E-state index contributed by atoms with van der Waals surface area (Å²) in [5, 5.41) is 0.995. The Morgan fingerprint density at radius 2 is 1.94 bits per heavy atom. The topological polar surface area (TPSA) is 56.9 Å². The van der Waals surface area contributed by atoms with Crippen LogP contribution in [0.4, 0.5) is 10.7 Å². The maximum Gasteiger partial charge on any atom is 0.144 e. The molecule has 0 amide bonds. The summed E-state index contributed by atoms with van der Waals surface area (Å²) in [5.74, 6) is 0.935. The molecule has 8 heteroatoms. The van der Waals surface area contributed by atoms with Gasteiger partial charge < -0.3 is 19.4 Å². The Hall–Kier alpha value is -2.13. The van der Waals surface area contributed by atoms with Crippen LogP contribution in [-0.2, 0) is 13.0 Å². The number of hydrogen-bond donors (Lipinski definition) is 0. The molecular formula is C23H30N6OS. The van der Waals surface area contributed by atoms with E-state index in [1.54, 1.807) is 18.4 Å². The van der Waals surface area contributed by atoms with E-state index < -0.39 is 6.17 Å². The highest BCUT2D eigenvalue weighted by Gasteiger charge is 2.32. The zero-order valence-corrected chi connectivity index (χ0v) is 19.1. The third-order valence-electron chi connectivity index (χ3n) is 6.64. The summed E-state index contributed by atoms with van der Waals surface area (Å²) in [6.07, 6.45) is 2.26. The van der Waals surface area contributed by atoms with Crippen LogP contribution in [0.25, 0.3) is 0 Å². The minimum Gasteiger partial charge on any atom is -0.495 e. The molecule has 4 heterocycles. The zero-order chi connectivity index (χ0) is 21.4. The minimum atomic E-state index is -0.578. The number of nitrogens with zero attached hydrogens (tertiary/aromatic N) is 6. The van der Waals surface area contributed by atoms with Gasteiger partial charge >= 0.3 is 0 Å². The van der Waals surface area contributed by atoms with Crippen LogP contribution >= 0.6 is 11.3 Å². The van der Waals surface area contributed by atoms with Crippen LogP contribution in [0.1, 0.15) is 22.2 Å². The molecule has 1 unspecified atom stereocenters. The maximum atomic E-state index is 11.1. The Morgan fingerprint density at radius 1 is 1.13 bits per heavy atom. The standard InChI is InChI=1S/C23H30N6OS/c1-26-8-7-17-20(15-26)31-23-21(17)22(24)29(16-25-23)14-11-27-9-12-28(13-10-27)18-5-3-4-6-19(18)30-2/h3-6,16,22H,7-15H2,1-2H3. The number of benzene rings is 1. The van der Waals surface area contributed by atoms with Crippen LogP contribution in [0.5, 0.6) is 5.75 Å². The molecule has 0 aliphatic carbocycles. The molecule has 0 spiro atoms. The van der Waals surface area contributed by atoms with E-state index in [9.17, 15) is 5.73 Å². The lowest BCUT2D eigenvalue weighted by Crippen LogP contribution is -2.49. The van der Waals surface area contributed by atoms with Crippen molar-refractivity contribution in [2.45, 2.75) is 19.1 Å². The SMILES string of the molecule is COc1ccccc1N1CCN(CCN2C=Nc3sc4c(c3C2[N])CCN(C)C4)CC1. The van der Waals surface area contributed by atoms with Crippen LogP contribution in [0.3, 0.4) is 0 Å². The molecule has 1 atom stereocenters. The fraction of sp³-hybridized carbons (Fsp3) is 0.522. The lowest BCUT2D eigenvalue weighted by molar-refractivity contribution is 0.214. The highest BCUT2D eigenvalue weighted by Crippen LogP contribution is 2.44. The Kier molecular flexibility index (Phi) is 5.88. The van der Waals surface area contributed by atoms with Crippen molar-refractivity contribution >= 4 is 28.4 Å². The molecule has 5 rings (SSSR count). The van der Waals surface area contributed by atoms with Crippen molar-refractivity contribution in [3.63, 3.8) is 0 Å². The van der Waals surface area contributed by atoms with Crippen molar-refractivity contribution in [1.29, 1.82) is 0 Å². The monoisotopic (exact) mass is 438 g/mol. The third kappa shape index (κ3) is 4.05. The van der Waals surface area contributed by atoms with Gasteiger partial charge in [0.05, 0.1) is 19.1 Å². The Bertz CT molecular complexity index is 952. The van der Waals surface area contributed by atoms with Gasteiger partial charge in [-0.2, -0.15) is 0 Å². The third-order valence-corrected chi connectivity index (χ3v) is 7.78. The zero-order valence-electron chi connectivity index (χ0n) is 18.3. The molecule has 0 bridgehead atoms. The summed E-state index contributed by atoms with van der Waals surface area (Å²) in [6, 6.07) is 8.23. The predicted molar refractivity (Wildman–Crippen MR) is 126 cm³/mol. The number of methoxy groups -OCH3 is 1. The van der Waals surface area contributed by atoms with Gasteiger partial charge in [0, 0.05) is 62.8 Å². The van der Waals surface area contributed by atoms with Crippen molar-refractivity contribution in [3.05, 3.63) is 40.3 Å². The van der Waals surface area contributed by atoms with Crippen molar-refractivity contribution < 1.29 is 4.74 Å². The molecule has 0 N–H and O–H groups in total. The molecular weight excluding hydrogens is 408 g/mol. The molecule has 1 saturated heterocycles. The highest BCUT2D eigenvalue weighted by molar-refractivity contribution is 7.16. The van der Waals surface area contributed by atoms with Crippen molar-refractivity contribution in [3.8, 4) is 5.75 Å². The van der Waals surface area contributed by atoms with E-state index in [4.69, 9.17) is 4.74 Å². The molecule has 0 saturated carbocycles. The molecule has 164 valence electrons. The Balaban J connectivity index is 1.18. The molecule has 7 nitrogen and oxygen atoms in total. The van der Waals surface area contributed by atoms with Gasteiger partial charge in [-0.05, 0) is 31.2 Å². The molecule has 2 radical (unpaired) electrons. The molecule has 3 aliphatic heterocycles. The molecule has 1 aromatic carbocycles. The van der Waals surface area contributed by atoms with Crippen molar-refractivity contribution in [1.82, 2.24) is 20.4 Å². The summed E-state index contributed by atoms with van der Waals surface area (Å²) in [5.41, 5.74) is 14.7. The summed E-state index contributed by atoms with van der Waals surface area (Å²) in [6.45, 7) is 7.68. The number of thiophene rings is 1. The average molecular weight is 439 g/mol. The fourth-order valence-corrected chi connectivity index (χ4v) is 6.09. The van der Waals surface area contributed by atoms with E-state index in [0.29, 0.717) is 0 Å². The average Bonchev–Trinajstić information content (AvgIpc) is 3.17. The number of likely N-dealkylation sites (N-methyl/N-ethyl adjacent to an activating group) is 1. The number of piperazine rings is 1. The first-order chi connectivity index (χ1) is 15.1. The van der Waals surface area contributed by atoms with E-state index in [0.717, 1.165) is 75.1 Å². The summed E-state index contributed by atoms with van der Waals surface area (Å²) in [7, 11) is 3.89.